The summed E-state index contributed by atoms with van der Waals surface area (Å²) >= 11 is 0. The summed E-state index contributed by atoms with van der Waals surface area (Å²) in [4.78, 5) is 33.3. The first-order chi connectivity index (χ1) is 9.12. The van der Waals surface area contributed by atoms with Crippen molar-refractivity contribution in [2.45, 2.75) is 20.8 Å². The molecule has 2 N–H and O–H groups in total. The number of benzene rings is 1. The van der Waals surface area contributed by atoms with Gasteiger partial charge in [0.05, 0.1) is 4.92 Å². The topological polar surface area (TPSA) is 110 Å². The largest absolute Gasteiger partial charge is 0.481 e. The van der Waals surface area contributed by atoms with Gasteiger partial charge in [-0.3, -0.25) is 19.7 Å². The first kappa shape index (κ1) is 15.6. The third kappa shape index (κ3) is 3.78. The van der Waals surface area contributed by atoms with E-state index >= 15 is 0 Å². The number of carbonyl (C=O) groups excluding carboxylic acids is 1. The Labute approximate surface area is 115 Å². The molecule has 0 aliphatic carbocycles. The minimum absolute atomic E-state index is 0.176. The number of carboxylic acid groups (broad SMARTS) is 1. The molecule has 0 fully saturated rings. The van der Waals surface area contributed by atoms with Crippen molar-refractivity contribution >= 4 is 23.3 Å². The first-order valence-electron chi connectivity index (χ1n) is 5.91. The summed E-state index contributed by atoms with van der Waals surface area (Å²) in [7, 11) is 0. The highest BCUT2D eigenvalue weighted by molar-refractivity contribution is 6.04. The Kier molecular flexibility index (Phi) is 4.44. The molecule has 0 heterocycles. The van der Waals surface area contributed by atoms with E-state index in [0.717, 1.165) is 0 Å². The van der Waals surface area contributed by atoms with Crippen molar-refractivity contribution in [1.82, 2.24) is 0 Å². The van der Waals surface area contributed by atoms with Crippen molar-refractivity contribution in [1.29, 1.82) is 0 Å². The Morgan fingerprint density at radius 2 is 1.95 bits per heavy atom. The molecule has 1 rings (SSSR count). The van der Waals surface area contributed by atoms with Gasteiger partial charge in [0.15, 0.2) is 0 Å². The molecule has 1 aromatic carbocycles. The second-order valence-electron chi connectivity index (χ2n) is 5.43. The number of nitrogens with one attached hydrogen (secondary N) is 1. The second kappa shape index (κ2) is 5.68. The van der Waals surface area contributed by atoms with Crippen LogP contribution in [0.1, 0.15) is 20.8 Å². The maximum atomic E-state index is 12.0. The Morgan fingerprint density at radius 1 is 1.35 bits per heavy atom. The van der Waals surface area contributed by atoms with Gasteiger partial charge in [-0.1, -0.05) is 26.8 Å². The number of hydrogen-bond donors (Lipinski definition) is 2. The Morgan fingerprint density at radius 3 is 2.40 bits per heavy atom. The number of hydrogen-bond acceptors (Lipinski definition) is 4. The smallest absolute Gasteiger partial charge is 0.316 e. The third-order valence-corrected chi connectivity index (χ3v) is 2.70. The SMILES string of the molecule is CC(C)(C)C(C(=O)O)C(=O)Nc1cccc([N+](=O)[O-])c1. The molecule has 108 valence electrons. The molecule has 7 heteroatoms. The summed E-state index contributed by atoms with van der Waals surface area (Å²) in [6.45, 7) is 4.91. The van der Waals surface area contributed by atoms with Crippen LogP contribution in [0.5, 0.6) is 0 Å². The number of aliphatic carboxylic acids is 1. The molecular formula is C13H16N2O5. The van der Waals surface area contributed by atoms with Gasteiger partial charge in [-0.15, -0.1) is 0 Å². The standard InChI is InChI=1S/C13H16N2O5/c1-13(2,3)10(12(17)18)11(16)14-8-5-4-6-9(7-8)15(19)20/h4-7,10H,1-3H3,(H,14,16)(H,17,18). The molecule has 0 aromatic heterocycles. The Bertz CT molecular complexity index is 548. The summed E-state index contributed by atoms with van der Waals surface area (Å²) in [6, 6.07) is 5.35. The number of rotatable bonds is 4. The van der Waals surface area contributed by atoms with Crippen LogP contribution in [-0.4, -0.2) is 21.9 Å². The van der Waals surface area contributed by atoms with Gasteiger partial charge in [0.1, 0.15) is 5.92 Å². The number of carboxylic acids is 1. The highest BCUT2D eigenvalue weighted by Crippen LogP contribution is 2.28. The first-order valence-corrected chi connectivity index (χ1v) is 5.91. The number of nitrogens with zero attached hydrogens (tertiary/aromatic N) is 1. The van der Waals surface area contributed by atoms with Crippen LogP contribution in [0.25, 0.3) is 0 Å². The number of nitro groups is 1. The zero-order chi connectivity index (χ0) is 15.5. The monoisotopic (exact) mass is 280 g/mol. The van der Waals surface area contributed by atoms with Crippen LogP contribution in [0.4, 0.5) is 11.4 Å². The van der Waals surface area contributed by atoms with Gasteiger partial charge in [-0.2, -0.15) is 0 Å². The highest BCUT2D eigenvalue weighted by atomic mass is 16.6. The van der Waals surface area contributed by atoms with E-state index in [1.54, 1.807) is 20.8 Å². The Balaban J connectivity index is 2.97. The van der Waals surface area contributed by atoms with Crippen molar-refractivity contribution in [3.8, 4) is 0 Å². The lowest BCUT2D eigenvalue weighted by Gasteiger charge is -2.25. The van der Waals surface area contributed by atoms with Crippen molar-refractivity contribution in [3.05, 3.63) is 34.4 Å². The maximum absolute atomic E-state index is 12.0. The predicted molar refractivity (Wildman–Crippen MR) is 72.3 cm³/mol. The number of non-ortho nitro benzene ring substituents is 1. The zero-order valence-electron chi connectivity index (χ0n) is 11.4. The summed E-state index contributed by atoms with van der Waals surface area (Å²) in [5.41, 5.74) is -0.749. The molecule has 1 unspecified atom stereocenters. The molecule has 1 amide bonds. The second-order valence-corrected chi connectivity index (χ2v) is 5.43. The van der Waals surface area contributed by atoms with Crippen molar-refractivity contribution in [2.75, 3.05) is 5.32 Å². The van der Waals surface area contributed by atoms with Gasteiger partial charge in [0, 0.05) is 17.8 Å². The minimum Gasteiger partial charge on any atom is -0.481 e. The van der Waals surface area contributed by atoms with Crippen molar-refractivity contribution in [2.24, 2.45) is 11.3 Å². The molecular weight excluding hydrogens is 264 g/mol. The van der Waals surface area contributed by atoms with Crippen LogP contribution in [0.15, 0.2) is 24.3 Å². The minimum atomic E-state index is -1.25. The van der Waals surface area contributed by atoms with Gasteiger partial charge in [-0.05, 0) is 11.5 Å². The van der Waals surface area contributed by atoms with Gasteiger partial charge >= 0.3 is 5.97 Å². The van der Waals surface area contributed by atoms with Crippen LogP contribution in [0, 0.1) is 21.4 Å². The average Bonchev–Trinajstić information content (AvgIpc) is 2.26. The predicted octanol–water partition coefficient (Wildman–Crippen LogP) is 2.28. The van der Waals surface area contributed by atoms with E-state index in [0.29, 0.717) is 0 Å². The van der Waals surface area contributed by atoms with Crippen LogP contribution in [0.2, 0.25) is 0 Å². The molecule has 0 bridgehead atoms. The van der Waals surface area contributed by atoms with E-state index in [2.05, 4.69) is 5.32 Å². The van der Waals surface area contributed by atoms with Crippen molar-refractivity contribution in [3.63, 3.8) is 0 Å². The zero-order valence-corrected chi connectivity index (χ0v) is 11.4. The van der Waals surface area contributed by atoms with Crippen molar-refractivity contribution < 1.29 is 19.6 Å². The lowest BCUT2D eigenvalue weighted by molar-refractivity contribution is -0.384. The summed E-state index contributed by atoms with van der Waals surface area (Å²) in [5, 5.41) is 22.2. The number of anilines is 1. The summed E-state index contributed by atoms with van der Waals surface area (Å²) in [5.74, 6) is -3.19. The van der Waals surface area contributed by atoms with Crippen LogP contribution >= 0.6 is 0 Å². The number of amides is 1. The van der Waals surface area contributed by atoms with Crippen LogP contribution in [0.3, 0.4) is 0 Å². The average molecular weight is 280 g/mol. The number of nitro benzene ring substituents is 1. The maximum Gasteiger partial charge on any atom is 0.316 e. The number of carbonyl (C=O) groups is 2. The van der Waals surface area contributed by atoms with Gasteiger partial charge < -0.3 is 10.4 Å². The lowest BCUT2D eigenvalue weighted by Crippen LogP contribution is -2.39. The molecule has 1 atom stereocenters. The van der Waals surface area contributed by atoms with E-state index in [9.17, 15) is 19.7 Å². The van der Waals surface area contributed by atoms with E-state index < -0.39 is 28.1 Å². The van der Waals surface area contributed by atoms with E-state index in [4.69, 9.17) is 5.11 Å². The molecule has 0 saturated heterocycles. The fourth-order valence-electron chi connectivity index (χ4n) is 1.79. The van der Waals surface area contributed by atoms with E-state index in [1.165, 1.54) is 24.3 Å². The highest BCUT2D eigenvalue weighted by Gasteiger charge is 2.37. The van der Waals surface area contributed by atoms with Crippen LogP contribution < -0.4 is 5.32 Å². The summed E-state index contributed by atoms with van der Waals surface area (Å²) < 4.78 is 0. The molecule has 0 saturated carbocycles. The molecule has 1 aromatic rings. The lowest BCUT2D eigenvalue weighted by atomic mass is 9.80. The Hall–Kier alpha value is -2.44. The fourth-order valence-corrected chi connectivity index (χ4v) is 1.79. The van der Waals surface area contributed by atoms with Gasteiger partial charge in [0.25, 0.3) is 5.69 Å². The molecule has 0 aliphatic rings. The third-order valence-electron chi connectivity index (χ3n) is 2.70. The van der Waals surface area contributed by atoms with Crippen LogP contribution in [-0.2, 0) is 9.59 Å². The van der Waals surface area contributed by atoms with Gasteiger partial charge in [-0.25, -0.2) is 0 Å². The molecule has 0 aliphatic heterocycles. The molecule has 20 heavy (non-hydrogen) atoms. The van der Waals surface area contributed by atoms with Gasteiger partial charge in [0.2, 0.25) is 5.91 Å². The summed E-state index contributed by atoms with van der Waals surface area (Å²) in [6.07, 6.45) is 0. The fraction of sp³-hybridized carbons (Fsp3) is 0.385. The molecule has 0 radical (unpaired) electrons. The molecule has 7 nitrogen and oxygen atoms in total. The normalized spacial score (nSPS) is 12.6. The quantitative estimate of drug-likeness (QED) is 0.499. The van der Waals surface area contributed by atoms with E-state index in [-0.39, 0.29) is 11.4 Å². The van der Waals surface area contributed by atoms with E-state index in [1.807, 2.05) is 0 Å². The molecule has 0 spiro atoms.